The van der Waals surface area contributed by atoms with Crippen LogP contribution in [0.15, 0.2) is 48.5 Å². The summed E-state index contributed by atoms with van der Waals surface area (Å²) in [6.45, 7) is 1.46. The fourth-order valence-corrected chi connectivity index (χ4v) is 5.42. The maximum Gasteiger partial charge on any atom is 0.306 e. The number of likely N-dealkylation sites (tertiary alicyclic amines) is 1. The first kappa shape index (κ1) is 19.7. The molecule has 29 heavy (non-hydrogen) atoms. The number of ether oxygens (including phenoxy) is 2. The number of carboxylic acids is 1. The lowest BCUT2D eigenvalue weighted by Crippen LogP contribution is -2.39. The number of carboxylic acid groups (broad SMARTS) is 1. The Morgan fingerprint density at radius 1 is 1.10 bits per heavy atom. The van der Waals surface area contributed by atoms with Crippen LogP contribution in [0.4, 0.5) is 0 Å². The van der Waals surface area contributed by atoms with Crippen LogP contribution >= 0.6 is 11.3 Å². The Morgan fingerprint density at radius 3 is 2.52 bits per heavy atom. The van der Waals surface area contributed by atoms with E-state index in [1.807, 2.05) is 12.1 Å². The molecule has 4 rings (SSSR count). The van der Waals surface area contributed by atoms with E-state index in [4.69, 9.17) is 9.47 Å². The van der Waals surface area contributed by atoms with Gasteiger partial charge in [-0.05, 0) is 49.5 Å². The second-order valence-corrected chi connectivity index (χ2v) is 8.44. The average Bonchev–Trinajstić information content (AvgIpc) is 3.17. The van der Waals surface area contributed by atoms with Crippen molar-refractivity contribution in [3.8, 4) is 11.5 Å². The van der Waals surface area contributed by atoms with Gasteiger partial charge in [0.2, 0.25) is 0 Å². The van der Waals surface area contributed by atoms with Crippen molar-refractivity contribution in [1.29, 1.82) is 0 Å². The lowest BCUT2D eigenvalue weighted by atomic mass is 9.93. The molecule has 1 atom stereocenters. The maximum absolute atomic E-state index is 11.4. The van der Waals surface area contributed by atoms with Crippen molar-refractivity contribution in [2.75, 3.05) is 27.3 Å². The minimum atomic E-state index is -0.693. The van der Waals surface area contributed by atoms with Crippen molar-refractivity contribution < 1.29 is 19.4 Å². The van der Waals surface area contributed by atoms with Gasteiger partial charge >= 0.3 is 5.97 Å². The number of hydrogen-bond donors (Lipinski definition) is 1. The highest BCUT2D eigenvalue weighted by atomic mass is 32.1. The van der Waals surface area contributed by atoms with Gasteiger partial charge in [0.05, 0.1) is 26.2 Å². The van der Waals surface area contributed by atoms with Crippen LogP contribution in [-0.4, -0.2) is 43.3 Å². The fraction of sp³-hybridized carbons (Fsp3) is 0.348. The number of thiophene rings is 1. The third kappa shape index (κ3) is 3.82. The summed E-state index contributed by atoms with van der Waals surface area (Å²) in [7, 11) is 3.31. The van der Waals surface area contributed by atoms with E-state index in [0.29, 0.717) is 18.6 Å². The number of hydrogen-bond acceptors (Lipinski definition) is 5. The first-order valence-electron chi connectivity index (χ1n) is 9.78. The zero-order chi connectivity index (χ0) is 20.4. The molecule has 152 valence electrons. The number of rotatable bonds is 6. The molecule has 1 aromatic heterocycles. The third-order valence-electron chi connectivity index (χ3n) is 5.69. The Bertz CT molecular complexity index is 974. The van der Waals surface area contributed by atoms with E-state index in [9.17, 15) is 9.90 Å². The highest BCUT2D eigenvalue weighted by molar-refractivity contribution is 7.19. The molecule has 0 amide bonds. The van der Waals surface area contributed by atoms with Crippen LogP contribution in [0.25, 0.3) is 10.1 Å². The largest absolute Gasteiger partial charge is 0.493 e. The van der Waals surface area contributed by atoms with Crippen LogP contribution < -0.4 is 9.47 Å². The Morgan fingerprint density at radius 2 is 1.86 bits per heavy atom. The van der Waals surface area contributed by atoms with Gasteiger partial charge in [-0.25, -0.2) is 0 Å². The number of fused-ring (bicyclic) bond motifs is 1. The quantitative estimate of drug-likeness (QED) is 0.631. The van der Waals surface area contributed by atoms with Crippen LogP contribution in [0.5, 0.6) is 11.5 Å². The molecule has 0 aliphatic carbocycles. The molecule has 3 aromatic rings. The molecule has 2 heterocycles. The Hall–Kier alpha value is -2.57. The topological polar surface area (TPSA) is 59.0 Å². The van der Waals surface area contributed by atoms with Gasteiger partial charge in [-0.1, -0.05) is 30.3 Å². The summed E-state index contributed by atoms with van der Waals surface area (Å²) < 4.78 is 12.5. The molecule has 2 aromatic carbocycles. The number of piperidine rings is 1. The Kier molecular flexibility index (Phi) is 5.74. The van der Waals surface area contributed by atoms with Gasteiger partial charge in [0.15, 0.2) is 11.5 Å². The molecule has 0 saturated carbocycles. The minimum absolute atomic E-state index is 0.00723. The smallest absolute Gasteiger partial charge is 0.306 e. The predicted octanol–water partition coefficient (Wildman–Crippen LogP) is 4.80. The van der Waals surface area contributed by atoms with E-state index in [1.165, 1.54) is 15.0 Å². The van der Waals surface area contributed by atoms with Crippen LogP contribution in [0, 0.1) is 5.92 Å². The Balaban J connectivity index is 1.79. The molecule has 0 bridgehead atoms. The van der Waals surface area contributed by atoms with Crippen LogP contribution in [0.2, 0.25) is 0 Å². The standard InChI is InChI=1S/C23H25NO4S/c1-27-18-8-5-7-17(22(18)28-2)21(24-12-10-15(11-13-24)23(25)26)20-14-16-6-3-4-9-19(16)29-20/h3-9,14-15,21H,10-13H2,1-2H3,(H,25,26). The second-order valence-electron chi connectivity index (χ2n) is 7.32. The molecule has 0 spiro atoms. The fourth-order valence-electron chi connectivity index (χ4n) is 4.20. The molecular weight excluding hydrogens is 386 g/mol. The van der Waals surface area contributed by atoms with Gasteiger partial charge in [0.1, 0.15) is 0 Å². The van der Waals surface area contributed by atoms with Gasteiger partial charge in [-0.15, -0.1) is 11.3 Å². The molecule has 1 aliphatic heterocycles. The van der Waals surface area contributed by atoms with E-state index in [2.05, 4.69) is 41.3 Å². The third-order valence-corrected chi connectivity index (χ3v) is 6.85. The Labute approximate surface area is 174 Å². The number of aliphatic carboxylic acids is 1. The molecule has 1 fully saturated rings. The lowest BCUT2D eigenvalue weighted by Gasteiger charge is -2.37. The maximum atomic E-state index is 11.4. The summed E-state index contributed by atoms with van der Waals surface area (Å²) in [5, 5.41) is 10.6. The zero-order valence-electron chi connectivity index (χ0n) is 16.6. The van der Waals surface area contributed by atoms with E-state index in [-0.39, 0.29) is 12.0 Å². The average molecular weight is 412 g/mol. The minimum Gasteiger partial charge on any atom is -0.493 e. The van der Waals surface area contributed by atoms with Crippen LogP contribution in [0.3, 0.4) is 0 Å². The van der Waals surface area contributed by atoms with Crippen molar-refractivity contribution in [3.63, 3.8) is 0 Å². The summed E-state index contributed by atoms with van der Waals surface area (Å²) >= 11 is 1.78. The normalized spacial score (nSPS) is 16.6. The van der Waals surface area contributed by atoms with Gasteiger partial charge in [-0.2, -0.15) is 0 Å². The van der Waals surface area contributed by atoms with Crippen molar-refractivity contribution in [3.05, 3.63) is 59.0 Å². The molecule has 1 saturated heterocycles. The van der Waals surface area contributed by atoms with E-state index < -0.39 is 5.97 Å². The molecule has 1 N–H and O–H groups in total. The monoisotopic (exact) mass is 411 g/mol. The number of benzene rings is 2. The van der Waals surface area contributed by atoms with Crippen molar-refractivity contribution >= 4 is 27.4 Å². The van der Waals surface area contributed by atoms with Gasteiger partial charge in [0, 0.05) is 15.1 Å². The molecule has 5 nitrogen and oxygen atoms in total. The summed E-state index contributed by atoms with van der Waals surface area (Å²) in [6, 6.07) is 16.6. The highest BCUT2D eigenvalue weighted by Crippen LogP contribution is 2.44. The number of nitrogens with zero attached hydrogens (tertiary/aromatic N) is 1. The summed E-state index contributed by atoms with van der Waals surface area (Å²) in [5.74, 6) is 0.484. The SMILES string of the molecule is COc1cccc(C(c2cc3ccccc3s2)N2CCC(C(=O)O)CC2)c1OC. The number of carbonyl (C=O) groups is 1. The molecule has 1 aliphatic rings. The summed E-state index contributed by atoms with van der Waals surface area (Å²) in [6.07, 6.45) is 1.31. The van der Waals surface area contributed by atoms with Gasteiger partial charge < -0.3 is 14.6 Å². The molecule has 1 unspecified atom stereocenters. The van der Waals surface area contributed by atoms with E-state index in [1.54, 1.807) is 25.6 Å². The summed E-state index contributed by atoms with van der Waals surface area (Å²) in [4.78, 5) is 15.0. The van der Waals surface area contributed by atoms with Crippen molar-refractivity contribution in [2.45, 2.75) is 18.9 Å². The number of para-hydroxylation sites is 1. The van der Waals surface area contributed by atoms with E-state index >= 15 is 0 Å². The van der Waals surface area contributed by atoms with Crippen LogP contribution in [-0.2, 0) is 4.79 Å². The first-order chi connectivity index (χ1) is 14.1. The molecular formula is C23H25NO4S. The van der Waals surface area contributed by atoms with Gasteiger partial charge in [-0.3, -0.25) is 9.69 Å². The number of methoxy groups -OCH3 is 2. The highest BCUT2D eigenvalue weighted by Gasteiger charge is 2.33. The molecule has 0 radical (unpaired) electrons. The lowest BCUT2D eigenvalue weighted by molar-refractivity contribution is -0.143. The van der Waals surface area contributed by atoms with Crippen molar-refractivity contribution in [2.24, 2.45) is 5.92 Å². The summed E-state index contributed by atoms with van der Waals surface area (Å²) in [5.41, 5.74) is 1.05. The van der Waals surface area contributed by atoms with Crippen molar-refractivity contribution in [1.82, 2.24) is 4.90 Å². The first-order valence-corrected chi connectivity index (χ1v) is 10.6. The van der Waals surface area contributed by atoms with E-state index in [0.717, 1.165) is 24.4 Å². The van der Waals surface area contributed by atoms with Crippen LogP contribution in [0.1, 0.15) is 29.3 Å². The second kappa shape index (κ2) is 8.43. The van der Waals surface area contributed by atoms with Gasteiger partial charge in [0.25, 0.3) is 0 Å². The predicted molar refractivity (Wildman–Crippen MR) is 115 cm³/mol. The molecule has 6 heteroatoms. The zero-order valence-corrected chi connectivity index (χ0v) is 17.4.